The third-order valence-electron chi connectivity index (χ3n) is 7.75. The number of likely N-dealkylation sites (tertiary alicyclic amines) is 1. The molecule has 4 aromatic rings. The summed E-state index contributed by atoms with van der Waals surface area (Å²) in [6.07, 6.45) is 6.63. The van der Waals surface area contributed by atoms with Crippen molar-refractivity contribution < 1.29 is 19.4 Å². The van der Waals surface area contributed by atoms with E-state index in [2.05, 4.69) is 44.0 Å². The molecule has 0 spiro atoms. The summed E-state index contributed by atoms with van der Waals surface area (Å²) >= 11 is 0. The van der Waals surface area contributed by atoms with E-state index in [9.17, 15) is 14.7 Å². The molecule has 2 aromatic carbocycles. The molecule has 1 unspecified atom stereocenters. The lowest BCUT2D eigenvalue weighted by atomic mass is 10.1. The second-order valence-electron chi connectivity index (χ2n) is 10.5. The van der Waals surface area contributed by atoms with Crippen LogP contribution in [-0.4, -0.2) is 76.8 Å². The van der Waals surface area contributed by atoms with E-state index in [4.69, 9.17) is 4.74 Å². The summed E-state index contributed by atoms with van der Waals surface area (Å²) in [5.74, 6) is -0.794. The van der Waals surface area contributed by atoms with E-state index < -0.39 is 5.97 Å². The Hall–Kier alpha value is -4.90. The fraction of sp³-hybridized carbons (Fsp3) is 0.290. The monoisotopic (exact) mass is 569 g/mol. The minimum atomic E-state index is -1.13. The molecule has 1 saturated heterocycles. The first-order valence-electron chi connectivity index (χ1n) is 13.7. The smallest absolute Gasteiger partial charge is 0.339 e. The molecule has 1 amide bonds. The molecule has 3 N–H and O–H groups in total. The Morgan fingerprint density at radius 1 is 1.24 bits per heavy atom. The second-order valence-corrected chi connectivity index (χ2v) is 10.5. The Bertz CT molecular complexity index is 1660. The number of carbonyl (C=O) groups is 2. The standard InChI is InChI=1S/C31H35N7O4/c1-6-28(39)33-23-14-24(27(42-5)15-26(23)37(3)17-19-10-9-13-36(19)2)34-31-32-16-21(30(40)41)29(35-31)22-18-38(4)25-12-8-7-11-20(22)25/h6-8,11-12,14-16,18-19H,1,9-10,13,17H2,2-5H3,(H,33,39)(H,40,41)(H,32,34,35). The Labute approximate surface area is 244 Å². The van der Waals surface area contributed by atoms with Crippen LogP contribution < -0.4 is 20.3 Å². The maximum absolute atomic E-state index is 12.4. The molecule has 0 aliphatic carbocycles. The van der Waals surface area contributed by atoms with Gasteiger partial charge in [-0.1, -0.05) is 24.8 Å². The normalized spacial score (nSPS) is 15.0. The number of nitrogens with one attached hydrogen (secondary N) is 2. The van der Waals surface area contributed by atoms with Crippen LogP contribution in [0.4, 0.5) is 23.0 Å². The van der Waals surface area contributed by atoms with Gasteiger partial charge in [-0.3, -0.25) is 4.79 Å². The minimum absolute atomic E-state index is 0.0170. The molecule has 5 rings (SSSR count). The number of para-hydroxylation sites is 1. The van der Waals surface area contributed by atoms with Crippen LogP contribution in [0.3, 0.4) is 0 Å². The van der Waals surface area contributed by atoms with Crippen molar-refractivity contribution in [3.63, 3.8) is 0 Å². The number of carbonyl (C=O) groups excluding carboxylic acids is 1. The zero-order valence-corrected chi connectivity index (χ0v) is 24.2. The van der Waals surface area contributed by atoms with Gasteiger partial charge in [-0.15, -0.1) is 0 Å². The molecule has 11 heteroatoms. The van der Waals surface area contributed by atoms with Crippen LogP contribution in [0.1, 0.15) is 23.2 Å². The number of ether oxygens (including phenoxy) is 1. The second kappa shape index (κ2) is 11.9. The van der Waals surface area contributed by atoms with Gasteiger partial charge < -0.3 is 34.8 Å². The number of amides is 1. The molecule has 0 bridgehead atoms. The van der Waals surface area contributed by atoms with Gasteiger partial charge in [0.15, 0.2) is 0 Å². The highest BCUT2D eigenvalue weighted by atomic mass is 16.5. The van der Waals surface area contributed by atoms with Crippen LogP contribution >= 0.6 is 0 Å². The number of hydrogen-bond donors (Lipinski definition) is 3. The van der Waals surface area contributed by atoms with Crippen molar-refractivity contribution in [2.45, 2.75) is 18.9 Å². The topological polar surface area (TPSA) is 125 Å². The van der Waals surface area contributed by atoms with Gasteiger partial charge >= 0.3 is 5.97 Å². The lowest BCUT2D eigenvalue weighted by Crippen LogP contribution is -2.37. The zero-order valence-electron chi connectivity index (χ0n) is 24.2. The van der Waals surface area contributed by atoms with Crippen molar-refractivity contribution in [1.29, 1.82) is 0 Å². The van der Waals surface area contributed by atoms with E-state index in [1.165, 1.54) is 12.3 Å². The Balaban J connectivity index is 1.55. The summed E-state index contributed by atoms with van der Waals surface area (Å²) in [6, 6.07) is 11.7. The zero-order chi connectivity index (χ0) is 30.0. The van der Waals surface area contributed by atoms with E-state index in [-0.39, 0.29) is 23.1 Å². The van der Waals surface area contributed by atoms with Gasteiger partial charge in [-0.25, -0.2) is 14.8 Å². The summed E-state index contributed by atoms with van der Waals surface area (Å²) in [5, 5.41) is 16.9. The van der Waals surface area contributed by atoms with Gasteiger partial charge in [0.2, 0.25) is 11.9 Å². The summed E-state index contributed by atoms with van der Waals surface area (Å²) in [4.78, 5) is 37.9. The van der Waals surface area contributed by atoms with Gasteiger partial charge in [0.1, 0.15) is 11.3 Å². The molecular weight excluding hydrogens is 534 g/mol. The fourth-order valence-electron chi connectivity index (χ4n) is 5.51. The predicted molar refractivity (Wildman–Crippen MR) is 165 cm³/mol. The summed E-state index contributed by atoms with van der Waals surface area (Å²) in [5.41, 5.74) is 3.73. The van der Waals surface area contributed by atoms with E-state index in [0.717, 1.165) is 42.5 Å². The lowest BCUT2D eigenvalue weighted by Gasteiger charge is -2.29. The number of rotatable bonds is 10. The van der Waals surface area contributed by atoms with Gasteiger partial charge in [0.05, 0.1) is 29.9 Å². The molecule has 1 atom stereocenters. The Kier molecular flexibility index (Phi) is 8.12. The Morgan fingerprint density at radius 3 is 2.71 bits per heavy atom. The lowest BCUT2D eigenvalue weighted by molar-refractivity contribution is -0.111. The van der Waals surface area contributed by atoms with E-state index in [0.29, 0.717) is 28.7 Å². The molecule has 3 heterocycles. The predicted octanol–water partition coefficient (Wildman–Crippen LogP) is 4.74. The van der Waals surface area contributed by atoms with Crippen LogP contribution in [0.5, 0.6) is 5.75 Å². The highest BCUT2D eigenvalue weighted by molar-refractivity contribution is 6.03. The van der Waals surface area contributed by atoms with Gasteiger partial charge in [0.25, 0.3) is 0 Å². The number of aromatic nitrogens is 3. The molecule has 0 radical (unpaired) electrons. The van der Waals surface area contributed by atoms with E-state index in [1.807, 2.05) is 55.2 Å². The molecule has 1 aliphatic rings. The largest absolute Gasteiger partial charge is 0.494 e. The molecule has 11 nitrogen and oxygen atoms in total. The molecule has 0 saturated carbocycles. The quantitative estimate of drug-likeness (QED) is 0.232. The third kappa shape index (κ3) is 5.64. The highest BCUT2D eigenvalue weighted by Gasteiger charge is 2.25. The number of anilines is 4. The first kappa shape index (κ1) is 28.6. The van der Waals surface area contributed by atoms with Gasteiger partial charge in [-0.05, 0) is 44.6 Å². The molecule has 218 valence electrons. The third-order valence-corrected chi connectivity index (χ3v) is 7.75. The number of aromatic carboxylic acids is 1. The molecule has 2 aromatic heterocycles. The van der Waals surface area contributed by atoms with Crippen molar-refractivity contribution >= 4 is 45.8 Å². The Morgan fingerprint density at radius 2 is 2.02 bits per heavy atom. The van der Waals surface area contributed by atoms with Crippen molar-refractivity contribution in [3.05, 3.63) is 67.0 Å². The summed E-state index contributed by atoms with van der Waals surface area (Å²) in [6.45, 7) is 5.43. The summed E-state index contributed by atoms with van der Waals surface area (Å²) < 4.78 is 7.67. The molecule has 1 fully saturated rings. The van der Waals surface area contributed by atoms with Crippen molar-refractivity contribution in [1.82, 2.24) is 19.4 Å². The number of methoxy groups -OCH3 is 1. The number of carboxylic acid groups (broad SMARTS) is 1. The van der Waals surface area contributed by atoms with Gasteiger partial charge in [0, 0.05) is 61.6 Å². The molecule has 1 aliphatic heterocycles. The SMILES string of the molecule is C=CC(=O)Nc1cc(Nc2ncc(C(=O)O)c(-c3cn(C)c4ccccc34)n2)c(OC)cc1N(C)CC1CCCN1C. The maximum Gasteiger partial charge on any atom is 0.339 e. The average Bonchev–Trinajstić information content (AvgIpc) is 3.54. The average molecular weight is 570 g/mol. The highest BCUT2D eigenvalue weighted by Crippen LogP contribution is 2.39. The number of benzene rings is 2. The number of likely N-dealkylation sites (N-methyl/N-ethyl adjacent to an activating group) is 2. The van der Waals surface area contributed by atoms with Crippen LogP contribution in [0.2, 0.25) is 0 Å². The molecule has 42 heavy (non-hydrogen) atoms. The minimum Gasteiger partial charge on any atom is -0.494 e. The number of nitrogens with zero attached hydrogens (tertiary/aromatic N) is 5. The van der Waals surface area contributed by atoms with Gasteiger partial charge in [-0.2, -0.15) is 0 Å². The first-order valence-corrected chi connectivity index (χ1v) is 13.7. The number of fused-ring (bicyclic) bond motifs is 1. The fourth-order valence-corrected chi connectivity index (χ4v) is 5.51. The van der Waals surface area contributed by atoms with Crippen molar-refractivity contribution in [2.24, 2.45) is 7.05 Å². The van der Waals surface area contributed by atoms with E-state index >= 15 is 0 Å². The van der Waals surface area contributed by atoms with Crippen LogP contribution in [-0.2, 0) is 11.8 Å². The number of carboxylic acids is 1. The van der Waals surface area contributed by atoms with E-state index in [1.54, 1.807) is 13.2 Å². The maximum atomic E-state index is 12.4. The first-order chi connectivity index (χ1) is 20.2. The van der Waals surface area contributed by atoms with Crippen molar-refractivity contribution in [2.75, 3.05) is 49.8 Å². The van der Waals surface area contributed by atoms with Crippen LogP contribution in [0.15, 0.2) is 61.4 Å². The molecular formula is C31H35N7O4. The summed E-state index contributed by atoms with van der Waals surface area (Å²) in [7, 11) is 7.58. The van der Waals surface area contributed by atoms with Crippen LogP contribution in [0.25, 0.3) is 22.2 Å². The number of aryl methyl sites for hydroxylation is 1. The van der Waals surface area contributed by atoms with Crippen LogP contribution in [0, 0.1) is 0 Å². The number of hydrogen-bond acceptors (Lipinski definition) is 8. The van der Waals surface area contributed by atoms with Crippen molar-refractivity contribution in [3.8, 4) is 17.0 Å².